The standard InChI is InChI=1S/C14H25FO2/c1-5-6-7-8-9-10-11-12(15)13(16)17-14(2,3)4/h11H,5-10H2,1-4H3/b12-11-. The Morgan fingerprint density at radius 1 is 1.18 bits per heavy atom. The van der Waals surface area contributed by atoms with Crippen molar-refractivity contribution in [2.24, 2.45) is 0 Å². The maximum atomic E-state index is 13.3. The van der Waals surface area contributed by atoms with Gasteiger partial charge >= 0.3 is 5.97 Å². The SMILES string of the molecule is CCCCCCC/C=C(\F)C(=O)OC(C)(C)C. The summed E-state index contributed by atoms with van der Waals surface area (Å²) in [5.74, 6) is -1.62. The van der Waals surface area contributed by atoms with Gasteiger partial charge in [0, 0.05) is 0 Å². The molecule has 0 spiro atoms. The Morgan fingerprint density at radius 2 is 1.76 bits per heavy atom. The molecule has 0 fully saturated rings. The van der Waals surface area contributed by atoms with E-state index >= 15 is 0 Å². The quantitative estimate of drug-likeness (QED) is 0.373. The molecule has 3 heteroatoms. The van der Waals surface area contributed by atoms with Crippen LogP contribution in [-0.2, 0) is 9.53 Å². The fourth-order valence-electron chi connectivity index (χ4n) is 1.39. The fraction of sp³-hybridized carbons (Fsp3) is 0.786. The number of rotatable bonds is 7. The van der Waals surface area contributed by atoms with Crippen LogP contribution in [0.3, 0.4) is 0 Å². The Labute approximate surface area is 104 Å². The summed E-state index contributed by atoms with van der Waals surface area (Å²) >= 11 is 0. The Kier molecular flexibility index (Phi) is 7.85. The molecule has 0 aliphatic heterocycles. The summed E-state index contributed by atoms with van der Waals surface area (Å²) < 4.78 is 18.2. The summed E-state index contributed by atoms with van der Waals surface area (Å²) in [6.45, 7) is 7.33. The molecule has 0 saturated carbocycles. The number of hydrogen-bond acceptors (Lipinski definition) is 2. The molecule has 0 N–H and O–H groups in total. The van der Waals surface area contributed by atoms with E-state index in [9.17, 15) is 9.18 Å². The van der Waals surface area contributed by atoms with E-state index in [-0.39, 0.29) is 0 Å². The van der Waals surface area contributed by atoms with Crippen LogP contribution in [0.5, 0.6) is 0 Å². The largest absolute Gasteiger partial charge is 0.455 e. The average molecular weight is 244 g/mol. The minimum atomic E-state index is -0.856. The lowest BCUT2D eigenvalue weighted by Crippen LogP contribution is -2.24. The molecular formula is C14H25FO2. The molecule has 0 saturated heterocycles. The molecule has 0 atom stereocenters. The van der Waals surface area contributed by atoms with E-state index < -0.39 is 17.4 Å². The maximum Gasteiger partial charge on any atom is 0.367 e. The van der Waals surface area contributed by atoms with Gasteiger partial charge in [-0.3, -0.25) is 0 Å². The first-order valence-electron chi connectivity index (χ1n) is 6.46. The topological polar surface area (TPSA) is 26.3 Å². The van der Waals surface area contributed by atoms with Gasteiger partial charge in [-0.1, -0.05) is 32.6 Å². The smallest absolute Gasteiger partial charge is 0.367 e. The molecular weight excluding hydrogens is 219 g/mol. The molecule has 0 bridgehead atoms. The molecule has 0 amide bonds. The zero-order chi connectivity index (χ0) is 13.3. The van der Waals surface area contributed by atoms with Gasteiger partial charge in [-0.05, 0) is 39.7 Å². The first kappa shape index (κ1) is 16.1. The highest BCUT2D eigenvalue weighted by Gasteiger charge is 2.19. The van der Waals surface area contributed by atoms with E-state index in [0.29, 0.717) is 6.42 Å². The van der Waals surface area contributed by atoms with Gasteiger partial charge in [-0.2, -0.15) is 4.39 Å². The lowest BCUT2D eigenvalue weighted by molar-refractivity contribution is -0.151. The average Bonchev–Trinajstić information content (AvgIpc) is 2.20. The Bertz CT molecular complexity index is 251. The highest BCUT2D eigenvalue weighted by molar-refractivity contribution is 5.86. The van der Waals surface area contributed by atoms with E-state index in [1.165, 1.54) is 25.3 Å². The second kappa shape index (κ2) is 8.26. The minimum Gasteiger partial charge on any atom is -0.455 e. The van der Waals surface area contributed by atoms with Gasteiger partial charge in [-0.15, -0.1) is 0 Å². The molecule has 2 nitrogen and oxygen atoms in total. The van der Waals surface area contributed by atoms with Gasteiger partial charge in [-0.25, -0.2) is 4.79 Å². The second-order valence-corrected chi connectivity index (χ2v) is 5.26. The molecule has 0 radical (unpaired) electrons. The molecule has 0 aromatic heterocycles. The van der Waals surface area contributed by atoms with Crippen LogP contribution in [0, 0.1) is 0 Å². The van der Waals surface area contributed by atoms with E-state index in [0.717, 1.165) is 12.8 Å². The van der Waals surface area contributed by atoms with Crippen LogP contribution in [0.1, 0.15) is 66.2 Å². The molecule has 0 aliphatic carbocycles. The van der Waals surface area contributed by atoms with Crippen molar-refractivity contribution >= 4 is 5.97 Å². The Morgan fingerprint density at radius 3 is 2.29 bits per heavy atom. The van der Waals surface area contributed by atoms with E-state index in [1.54, 1.807) is 20.8 Å². The van der Waals surface area contributed by atoms with Crippen molar-refractivity contribution in [3.8, 4) is 0 Å². The van der Waals surface area contributed by atoms with Crippen molar-refractivity contribution in [1.82, 2.24) is 0 Å². The number of carbonyl (C=O) groups is 1. The number of ether oxygens (including phenoxy) is 1. The van der Waals surface area contributed by atoms with Crippen LogP contribution in [-0.4, -0.2) is 11.6 Å². The van der Waals surface area contributed by atoms with Crippen molar-refractivity contribution in [2.45, 2.75) is 71.8 Å². The van der Waals surface area contributed by atoms with Crippen LogP contribution in [0.25, 0.3) is 0 Å². The van der Waals surface area contributed by atoms with Crippen LogP contribution in [0.4, 0.5) is 4.39 Å². The van der Waals surface area contributed by atoms with Crippen LogP contribution in [0.15, 0.2) is 11.9 Å². The number of allylic oxidation sites excluding steroid dienone is 1. The highest BCUT2D eigenvalue weighted by atomic mass is 19.1. The summed E-state index contributed by atoms with van der Waals surface area (Å²) in [5.41, 5.74) is -0.636. The van der Waals surface area contributed by atoms with Crippen molar-refractivity contribution < 1.29 is 13.9 Å². The third-order valence-corrected chi connectivity index (χ3v) is 2.23. The van der Waals surface area contributed by atoms with Crippen molar-refractivity contribution in [1.29, 1.82) is 0 Å². The summed E-state index contributed by atoms with van der Waals surface area (Å²) in [6, 6.07) is 0. The first-order valence-corrected chi connectivity index (χ1v) is 6.46. The molecule has 0 aromatic rings. The number of carbonyl (C=O) groups excluding carboxylic acids is 1. The van der Waals surface area contributed by atoms with E-state index in [4.69, 9.17) is 4.74 Å². The molecule has 100 valence electrons. The Hall–Kier alpha value is -0.860. The lowest BCUT2D eigenvalue weighted by Gasteiger charge is -2.18. The maximum absolute atomic E-state index is 13.3. The zero-order valence-corrected chi connectivity index (χ0v) is 11.5. The minimum absolute atomic E-state index is 0.606. The van der Waals surface area contributed by atoms with E-state index in [1.807, 2.05) is 0 Å². The molecule has 0 unspecified atom stereocenters. The van der Waals surface area contributed by atoms with Gasteiger partial charge in [0.25, 0.3) is 0 Å². The third-order valence-electron chi connectivity index (χ3n) is 2.23. The highest BCUT2D eigenvalue weighted by Crippen LogP contribution is 2.13. The molecule has 0 heterocycles. The number of hydrogen-bond donors (Lipinski definition) is 0. The van der Waals surface area contributed by atoms with Gasteiger partial charge in [0.15, 0.2) is 0 Å². The number of esters is 1. The van der Waals surface area contributed by atoms with Crippen LogP contribution in [0.2, 0.25) is 0 Å². The molecule has 17 heavy (non-hydrogen) atoms. The van der Waals surface area contributed by atoms with Gasteiger partial charge in [0.1, 0.15) is 5.60 Å². The van der Waals surface area contributed by atoms with Gasteiger partial charge in [0.05, 0.1) is 0 Å². The third kappa shape index (κ3) is 10.0. The van der Waals surface area contributed by atoms with E-state index in [2.05, 4.69) is 6.92 Å². The Balaban J connectivity index is 3.81. The predicted octanol–water partition coefficient (Wildman–Crippen LogP) is 4.54. The normalized spacial score (nSPS) is 12.6. The summed E-state index contributed by atoms with van der Waals surface area (Å²) in [4.78, 5) is 11.3. The number of unbranched alkanes of at least 4 members (excludes halogenated alkanes) is 5. The summed E-state index contributed by atoms with van der Waals surface area (Å²) in [7, 11) is 0. The molecule has 0 rings (SSSR count). The predicted molar refractivity (Wildman–Crippen MR) is 68.4 cm³/mol. The van der Waals surface area contributed by atoms with Crippen LogP contribution >= 0.6 is 0 Å². The molecule has 0 aromatic carbocycles. The zero-order valence-electron chi connectivity index (χ0n) is 11.5. The van der Waals surface area contributed by atoms with Crippen LogP contribution < -0.4 is 0 Å². The lowest BCUT2D eigenvalue weighted by atomic mass is 10.1. The first-order chi connectivity index (χ1) is 7.87. The monoisotopic (exact) mass is 244 g/mol. The fourth-order valence-corrected chi connectivity index (χ4v) is 1.39. The van der Waals surface area contributed by atoms with Crippen molar-refractivity contribution in [2.75, 3.05) is 0 Å². The van der Waals surface area contributed by atoms with Gasteiger partial charge < -0.3 is 4.74 Å². The van der Waals surface area contributed by atoms with Crippen molar-refractivity contribution in [3.05, 3.63) is 11.9 Å². The number of halogens is 1. The van der Waals surface area contributed by atoms with Gasteiger partial charge in [0.2, 0.25) is 5.83 Å². The summed E-state index contributed by atoms with van der Waals surface area (Å²) in [6.07, 6.45) is 7.55. The summed E-state index contributed by atoms with van der Waals surface area (Å²) in [5, 5.41) is 0. The molecule has 0 aliphatic rings. The van der Waals surface area contributed by atoms with Crippen molar-refractivity contribution in [3.63, 3.8) is 0 Å². The second-order valence-electron chi connectivity index (χ2n) is 5.26.